The molecule has 1 atom stereocenters. The molecule has 0 unspecified atom stereocenters. The first-order chi connectivity index (χ1) is 7.57. The van der Waals surface area contributed by atoms with Crippen molar-refractivity contribution in [3.63, 3.8) is 0 Å². The van der Waals surface area contributed by atoms with Gasteiger partial charge in [0.2, 0.25) is 0 Å². The van der Waals surface area contributed by atoms with Crippen LogP contribution in [0.4, 0.5) is 5.69 Å². The summed E-state index contributed by atoms with van der Waals surface area (Å²) in [6.07, 6.45) is 0. The fourth-order valence-electron chi connectivity index (χ4n) is 2.24. The quantitative estimate of drug-likeness (QED) is 0.776. The predicted octanol–water partition coefficient (Wildman–Crippen LogP) is 2.32. The van der Waals surface area contributed by atoms with Crippen molar-refractivity contribution in [1.82, 2.24) is 0 Å². The van der Waals surface area contributed by atoms with Gasteiger partial charge < -0.3 is 10.1 Å². The molecular weight excluding hydrogens is 202 g/mol. The predicted molar refractivity (Wildman–Crippen MR) is 63.5 cm³/mol. The van der Waals surface area contributed by atoms with E-state index in [-0.39, 0.29) is 17.4 Å². The van der Waals surface area contributed by atoms with Crippen LogP contribution in [0.15, 0.2) is 24.3 Å². The number of nitrogens with one attached hydrogen (secondary N) is 1. The molecule has 86 valence electrons. The lowest BCUT2D eigenvalue weighted by molar-refractivity contribution is -0.145. The minimum Gasteiger partial charge on any atom is -0.464 e. The molecule has 0 saturated carbocycles. The SMILES string of the molecule is CCOC(=O)[C@@H]1Nc2ccccc2C1(C)C. The van der Waals surface area contributed by atoms with Crippen LogP contribution in [0.2, 0.25) is 0 Å². The Bertz CT molecular complexity index is 412. The van der Waals surface area contributed by atoms with Gasteiger partial charge >= 0.3 is 5.97 Å². The number of carbonyl (C=O) groups excluding carboxylic acids is 1. The molecule has 0 spiro atoms. The number of carbonyl (C=O) groups is 1. The Morgan fingerprint density at radius 2 is 2.12 bits per heavy atom. The zero-order valence-electron chi connectivity index (χ0n) is 9.91. The molecule has 0 radical (unpaired) electrons. The van der Waals surface area contributed by atoms with Crippen molar-refractivity contribution < 1.29 is 9.53 Å². The molecule has 1 N–H and O–H groups in total. The second-order valence-electron chi connectivity index (χ2n) is 4.60. The summed E-state index contributed by atoms with van der Waals surface area (Å²) < 4.78 is 5.09. The highest BCUT2D eigenvalue weighted by Gasteiger charge is 2.44. The molecule has 1 aliphatic rings. The Morgan fingerprint density at radius 1 is 1.44 bits per heavy atom. The lowest BCUT2D eigenvalue weighted by Gasteiger charge is -2.25. The summed E-state index contributed by atoms with van der Waals surface area (Å²) in [4.78, 5) is 11.8. The van der Waals surface area contributed by atoms with Gasteiger partial charge in [0, 0.05) is 11.1 Å². The van der Waals surface area contributed by atoms with Crippen LogP contribution < -0.4 is 5.32 Å². The van der Waals surface area contributed by atoms with E-state index in [2.05, 4.69) is 25.2 Å². The molecule has 1 aliphatic heterocycles. The maximum Gasteiger partial charge on any atom is 0.329 e. The molecule has 0 bridgehead atoms. The summed E-state index contributed by atoms with van der Waals surface area (Å²) in [5, 5.41) is 3.23. The van der Waals surface area contributed by atoms with Crippen molar-refractivity contribution in [3.05, 3.63) is 29.8 Å². The largest absolute Gasteiger partial charge is 0.464 e. The van der Waals surface area contributed by atoms with E-state index in [0.29, 0.717) is 6.61 Å². The number of esters is 1. The minimum atomic E-state index is -0.287. The van der Waals surface area contributed by atoms with Gasteiger partial charge in [-0.3, -0.25) is 0 Å². The fraction of sp³-hybridized carbons (Fsp3) is 0.462. The third-order valence-corrected chi connectivity index (χ3v) is 3.17. The van der Waals surface area contributed by atoms with Gasteiger partial charge in [-0.1, -0.05) is 32.0 Å². The summed E-state index contributed by atoms with van der Waals surface area (Å²) >= 11 is 0. The molecule has 1 aromatic rings. The van der Waals surface area contributed by atoms with E-state index in [0.717, 1.165) is 5.69 Å². The van der Waals surface area contributed by atoms with E-state index in [1.165, 1.54) is 5.56 Å². The molecule has 1 heterocycles. The maximum atomic E-state index is 11.8. The summed E-state index contributed by atoms with van der Waals surface area (Å²) in [7, 11) is 0. The molecule has 0 fully saturated rings. The van der Waals surface area contributed by atoms with E-state index >= 15 is 0 Å². The number of hydrogen-bond acceptors (Lipinski definition) is 3. The first-order valence-electron chi connectivity index (χ1n) is 5.60. The van der Waals surface area contributed by atoms with Gasteiger partial charge in [-0.05, 0) is 18.6 Å². The number of anilines is 1. The Kier molecular flexibility index (Phi) is 2.62. The van der Waals surface area contributed by atoms with Crippen LogP contribution in [0, 0.1) is 0 Å². The molecular formula is C13H17NO2. The number of hydrogen-bond donors (Lipinski definition) is 1. The van der Waals surface area contributed by atoms with E-state index in [9.17, 15) is 4.79 Å². The molecule has 0 amide bonds. The molecule has 0 aromatic heterocycles. The van der Waals surface area contributed by atoms with Gasteiger partial charge in [0.05, 0.1) is 6.61 Å². The normalized spacial score (nSPS) is 21.1. The number of rotatable bonds is 2. The summed E-state index contributed by atoms with van der Waals surface area (Å²) in [5.74, 6) is -0.177. The standard InChI is InChI=1S/C13H17NO2/c1-4-16-12(15)11-13(2,3)9-7-5-6-8-10(9)14-11/h5-8,11,14H,4H2,1-3H3/t11-/m0/s1. The van der Waals surface area contributed by atoms with E-state index in [1.54, 1.807) is 0 Å². The minimum absolute atomic E-state index is 0.177. The monoisotopic (exact) mass is 219 g/mol. The summed E-state index contributed by atoms with van der Waals surface area (Å²) in [6, 6.07) is 7.73. The zero-order chi connectivity index (χ0) is 11.8. The summed E-state index contributed by atoms with van der Waals surface area (Å²) in [5.41, 5.74) is 1.99. The molecule has 16 heavy (non-hydrogen) atoms. The number of fused-ring (bicyclic) bond motifs is 1. The van der Waals surface area contributed by atoms with Crippen molar-refractivity contribution in [2.75, 3.05) is 11.9 Å². The van der Waals surface area contributed by atoms with Gasteiger partial charge in [-0.15, -0.1) is 0 Å². The van der Waals surface area contributed by atoms with Crippen LogP contribution in [-0.4, -0.2) is 18.6 Å². The first-order valence-corrected chi connectivity index (χ1v) is 5.60. The zero-order valence-corrected chi connectivity index (χ0v) is 9.91. The lowest BCUT2D eigenvalue weighted by Crippen LogP contribution is -2.41. The highest BCUT2D eigenvalue weighted by molar-refractivity contribution is 5.85. The van der Waals surface area contributed by atoms with Crippen molar-refractivity contribution in [1.29, 1.82) is 0 Å². The van der Waals surface area contributed by atoms with Crippen molar-refractivity contribution >= 4 is 11.7 Å². The van der Waals surface area contributed by atoms with E-state index < -0.39 is 0 Å². The Labute approximate surface area is 95.8 Å². The average Bonchev–Trinajstić information content (AvgIpc) is 2.52. The van der Waals surface area contributed by atoms with Crippen LogP contribution in [0.25, 0.3) is 0 Å². The number of para-hydroxylation sites is 1. The second kappa shape index (κ2) is 3.81. The third-order valence-electron chi connectivity index (χ3n) is 3.17. The topological polar surface area (TPSA) is 38.3 Å². The average molecular weight is 219 g/mol. The van der Waals surface area contributed by atoms with Gasteiger partial charge in [-0.25, -0.2) is 4.79 Å². The Balaban J connectivity index is 2.32. The number of ether oxygens (including phenoxy) is 1. The number of benzene rings is 1. The maximum absolute atomic E-state index is 11.8. The summed E-state index contributed by atoms with van der Waals surface area (Å²) in [6.45, 7) is 6.37. The van der Waals surface area contributed by atoms with Crippen LogP contribution in [0.3, 0.4) is 0 Å². The lowest BCUT2D eigenvalue weighted by atomic mass is 9.81. The van der Waals surface area contributed by atoms with Crippen LogP contribution in [-0.2, 0) is 14.9 Å². The molecule has 1 aromatic carbocycles. The highest BCUT2D eigenvalue weighted by atomic mass is 16.5. The molecule has 0 aliphatic carbocycles. The second-order valence-corrected chi connectivity index (χ2v) is 4.60. The van der Waals surface area contributed by atoms with Gasteiger partial charge in [-0.2, -0.15) is 0 Å². The van der Waals surface area contributed by atoms with Crippen LogP contribution in [0.5, 0.6) is 0 Å². The van der Waals surface area contributed by atoms with E-state index in [1.807, 2.05) is 25.1 Å². The first kappa shape index (κ1) is 11.0. The molecule has 3 nitrogen and oxygen atoms in total. The highest BCUT2D eigenvalue weighted by Crippen LogP contribution is 2.40. The Hall–Kier alpha value is -1.51. The molecule has 3 heteroatoms. The molecule has 0 saturated heterocycles. The van der Waals surface area contributed by atoms with Crippen molar-refractivity contribution in [3.8, 4) is 0 Å². The third kappa shape index (κ3) is 1.56. The fourth-order valence-corrected chi connectivity index (χ4v) is 2.24. The smallest absolute Gasteiger partial charge is 0.329 e. The van der Waals surface area contributed by atoms with E-state index in [4.69, 9.17) is 4.74 Å². The molecule has 2 rings (SSSR count). The van der Waals surface area contributed by atoms with Gasteiger partial charge in [0.1, 0.15) is 6.04 Å². The van der Waals surface area contributed by atoms with Gasteiger partial charge in [0.15, 0.2) is 0 Å². The van der Waals surface area contributed by atoms with Crippen molar-refractivity contribution in [2.45, 2.75) is 32.2 Å². The van der Waals surface area contributed by atoms with Crippen LogP contribution >= 0.6 is 0 Å². The van der Waals surface area contributed by atoms with Crippen LogP contribution in [0.1, 0.15) is 26.3 Å². The van der Waals surface area contributed by atoms with Crippen molar-refractivity contribution in [2.24, 2.45) is 0 Å². The van der Waals surface area contributed by atoms with Gasteiger partial charge in [0.25, 0.3) is 0 Å². The Morgan fingerprint density at radius 3 is 2.75 bits per heavy atom.